The van der Waals surface area contributed by atoms with Gasteiger partial charge in [0.05, 0.1) is 0 Å². The van der Waals surface area contributed by atoms with Crippen molar-refractivity contribution in [3.8, 4) is 0 Å². The maximum Gasteiger partial charge on any atom is 0.0161 e. The monoisotopic (exact) mass is 148 g/mol. The smallest absolute Gasteiger partial charge is 0.0161 e. The molecule has 0 aromatic rings. The van der Waals surface area contributed by atoms with E-state index in [0.717, 1.165) is 18.7 Å². The average Bonchev–Trinajstić information content (AvgIpc) is 1.89. The third kappa shape index (κ3) is 6.15. The molecule has 0 heterocycles. The van der Waals surface area contributed by atoms with E-state index in [-0.39, 0.29) is 0 Å². The van der Waals surface area contributed by atoms with E-state index in [2.05, 4.69) is 24.9 Å². The Hall–Kier alpha value is 0.270. The number of hydrogen-bond donors (Lipinski definition) is 3. The molecule has 0 rings (SSSR count). The van der Waals surface area contributed by atoms with Gasteiger partial charge in [0.15, 0.2) is 0 Å². The average molecular weight is 148 g/mol. The molecule has 0 spiro atoms. The molecule has 0 aromatic heterocycles. The van der Waals surface area contributed by atoms with Gasteiger partial charge in [0.2, 0.25) is 0 Å². The van der Waals surface area contributed by atoms with Gasteiger partial charge in [-0.2, -0.15) is 12.6 Å². The number of hydrogen-bond acceptors (Lipinski definition) is 3. The fraction of sp³-hybridized carbons (Fsp3) is 1.00. The summed E-state index contributed by atoms with van der Waals surface area (Å²) >= 11 is 4.08. The lowest BCUT2D eigenvalue weighted by Gasteiger charge is -2.09. The van der Waals surface area contributed by atoms with Crippen molar-refractivity contribution >= 4 is 12.6 Å². The number of nitrogens with one attached hydrogen (secondary N) is 1. The molecule has 2 nitrogen and oxygen atoms in total. The Morgan fingerprint density at radius 3 is 2.78 bits per heavy atom. The zero-order valence-electron chi connectivity index (χ0n) is 5.93. The van der Waals surface area contributed by atoms with Crippen LogP contribution in [0, 0.1) is 0 Å². The Labute approximate surface area is 62.6 Å². The van der Waals surface area contributed by atoms with E-state index in [1.807, 2.05) is 0 Å². The molecule has 1 atom stereocenters. The van der Waals surface area contributed by atoms with Gasteiger partial charge in [0.25, 0.3) is 0 Å². The lowest BCUT2D eigenvalue weighted by Crippen LogP contribution is -2.33. The third-order valence-corrected chi connectivity index (χ3v) is 1.50. The predicted octanol–water partition coefficient (Wildman–Crippen LogP) is 0.243. The predicted molar refractivity (Wildman–Crippen MR) is 45.0 cm³/mol. The highest BCUT2D eigenvalue weighted by Gasteiger charge is 1.93. The molecule has 0 radical (unpaired) electrons. The summed E-state index contributed by atoms with van der Waals surface area (Å²) in [6, 6.07) is 0.449. The topological polar surface area (TPSA) is 38.0 Å². The zero-order valence-corrected chi connectivity index (χ0v) is 6.82. The first kappa shape index (κ1) is 9.27. The van der Waals surface area contributed by atoms with E-state index in [4.69, 9.17) is 5.73 Å². The summed E-state index contributed by atoms with van der Waals surface area (Å²) in [5.74, 6) is 0.949. The first-order chi connectivity index (χ1) is 4.31. The quantitative estimate of drug-likeness (QED) is 0.386. The standard InChI is InChI=1S/C6H16N2S/c1-6(5-7)8-3-2-4-9/h6,8-9H,2-5,7H2,1H3. The van der Waals surface area contributed by atoms with Crippen LogP contribution in [-0.2, 0) is 0 Å². The molecule has 0 aromatic carbocycles. The molecule has 56 valence electrons. The van der Waals surface area contributed by atoms with Gasteiger partial charge >= 0.3 is 0 Å². The van der Waals surface area contributed by atoms with Gasteiger partial charge < -0.3 is 11.1 Å². The van der Waals surface area contributed by atoms with Crippen LogP contribution >= 0.6 is 12.6 Å². The molecule has 0 fully saturated rings. The van der Waals surface area contributed by atoms with Crippen molar-refractivity contribution in [2.75, 3.05) is 18.8 Å². The molecular weight excluding hydrogens is 132 g/mol. The Kier molecular flexibility index (Phi) is 6.58. The van der Waals surface area contributed by atoms with Crippen LogP contribution in [0.15, 0.2) is 0 Å². The SMILES string of the molecule is CC(CN)NCCCS. The second-order valence-electron chi connectivity index (χ2n) is 2.17. The lowest BCUT2D eigenvalue weighted by molar-refractivity contribution is 0.555. The Bertz CT molecular complexity index is 59.0. The lowest BCUT2D eigenvalue weighted by atomic mass is 10.3. The summed E-state index contributed by atoms with van der Waals surface area (Å²) < 4.78 is 0. The Morgan fingerprint density at radius 1 is 1.67 bits per heavy atom. The van der Waals surface area contributed by atoms with Crippen LogP contribution in [0.3, 0.4) is 0 Å². The van der Waals surface area contributed by atoms with Gasteiger partial charge in [-0.1, -0.05) is 0 Å². The van der Waals surface area contributed by atoms with E-state index < -0.39 is 0 Å². The van der Waals surface area contributed by atoms with Crippen molar-refractivity contribution in [2.24, 2.45) is 5.73 Å². The molecule has 0 saturated carbocycles. The van der Waals surface area contributed by atoms with Crippen molar-refractivity contribution < 1.29 is 0 Å². The number of nitrogens with two attached hydrogens (primary N) is 1. The number of rotatable bonds is 5. The van der Waals surface area contributed by atoms with E-state index in [0.29, 0.717) is 12.6 Å². The minimum atomic E-state index is 0.449. The molecule has 0 aliphatic heterocycles. The molecule has 3 N–H and O–H groups in total. The first-order valence-electron chi connectivity index (χ1n) is 3.35. The van der Waals surface area contributed by atoms with Crippen LogP contribution < -0.4 is 11.1 Å². The van der Waals surface area contributed by atoms with Crippen LogP contribution in [0.2, 0.25) is 0 Å². The second-order valence-corrected chi connectivity index (χ2v) is 2.62. The third-order valence-electron chi connectivity index (χ3n) is 1.18. The molecule has 3 heteroatoms. The molecule has 0 saturated heterocycles. The van der Waals surface area contributed by atoms with Gasteiger partial charge in [-0.15, -0.1) is 0 Å². The summed E-state index contributed by atoms with van der Waals surface area (Å²) in [5.41, 5.74) is 5.37. The molecule has 0 aliphatic carbocycles. The minimum Gasteiger partial charge on any atom is -0.329 e. The van der Waals surface area contributed by atoms with Crippen molar-refractivity contribution in [3.05, 3.63) is 0 Å². The zero-order chi connectivity index (χ0) is 7.11. The normalized spacial score (nSPS) is 13.7. The van der Waals surface area contributed by atoms with E-state index in [9.17, 15) is 0 Å². The van der Waals surface area contributed by atoms with Crippen LogP contribution in [0.25, 0.3) is 0 Å². The molecular formula is C6H16N2S. The summed E-state index contributed by atoms with van der Waals surface area (Å²) in [5, 5.41) is 3.26. The van der Waals surface area contributed by atoms with Gasteiger partial charge in [-0.3, -0.25) is 0 Å². The maximum atomic E-state index is 5.37. The largest absolute Gasteiger partial charge is 0.329 e. The fourth-order valence-corrected chi connectivity index (χ4v) is 0.669. The van der Waals surface area contributed by atoms with Gasteiger partial charge in [-0.05, 0) is 25.6 Å². The highest BCUT2D eigenvalue weighted by Crippen LogP contribution is 1.82. The molecule has 0 aliphatic rings. The summed E-state index contributed by atoms with van der Waals surface area (Å²) in [6.07, 6.45) is 1.12. The summed E-state index contributed by atoms with van der Waals surface area (Å²) in [6.45, 7) is 3.83. The van der Waals surface area contributed by atoms with Gasteiger partial charge in [-0.25, -0.2) is 0 Å². The van der Waals surface area contributed by atoms with Crippen molar-refractivity contribution in [1.82, 2.24) is 5.32 Å². The molecule has 1 unspecified atom stereocenters. The Balaban J connectivity index is 2.88. The fourth-order valence-electron chi connectivity index (χ4n) is 0.511. The summed E-state index contributed by atoms with van der Waals surface area (Å²) in [7, 11) is 0. The van der Waals surface area contributed by atoms with Crippen molar-refractivity contribution in [3.63, 3.8) is 0 Å². The van der Waals surface area contributed by atoms with E-state index >= 15 is 0 Å². The molecule has 9 heavy (non-hydrogen) atoms. The maximum absolute atomic E-state index is 5.37. The molecule has 0 amide bonds. The highest BCUT2D eigenvalue weighted by atomic mass is 32.1. The molecule has 0 bridgehead atoms. The van der Waals surface area contributed by atoms with Gasteiger partial charge in [0.1, 0.15) is 0 Å². The van der Waals surface area contributed by atoms with Crippen LogP contribution in [-0.4, -0.2) is 24.9 Å². The first-order valence-corrected chi connectivity index (χ1v) is 3.98. The van der Waals surface area contributed by atoms with E-state index in [1.54, 1.807) is 0 Å². The number of thiol groups is 1. The van der Waals surface area contributed by atoms with Crippen molar-refractivity contribution in [2.45, 2.75) is 19.4 Å². The highest BCUT2D eigenvalue weighted by molar-refractivity contribution is 7.80. The van der Waals surface area contributed by atoms with E-state index in [1.165, 1.54) is 0 Å². The van der Waals surface area contributed by atoms with Crippen LogP contribution in [0.1, 0.15) is 13.3 Å². The second kappa shape index (κ2) is 6.39. The van der Waals surface area contributed by atoms with Crippen LogP contribution in [0.5, 0.6) is 0 Å². The minimum absolute atomic E-state index is 0.449. The Morgan fingerprint density at radius 2 is 2.33 bits per heavy atom. The van der Waals surface area contributed by atoms with Gasteiger partial charge in [0, 0.05) is 12.6 Å². The van der Waals surface area contributed by atoms with Crippen LogP contribution in [0.4, 0.5) is 0 Å². The van der Waals surface area contributed by atoms with Crippen molar-refractivity contribution in [1.29, 1.82) is 0 Å². The summed E-state index contributed by atoms with van der Waals surface area (Å²) in [4.78, 5) is 0.